The van der Waals surface area contributed by atoms with Crippen molar-refractivity contribution < 1.29 is 29.4 Å². The molecular weight excluding hydrogens is 304 g/mol. The zero-order chi connectivity index (χ0) is 17.6. The van der Waals surface area contributed by atoms with E-state index in [0.717, 1.165) is 18.9 Å². The number of carbonyl (C=O) groups excluding carboxylic acids is 2. The van der Waals surface area contributed by atoms with E-state index < -0.39 is 18.0 Å². The van der Waals surface area contributed by atoms with Crippen LogP contribution in [0.1, 0.15) is 40.5 Å². The van der Waals surface area contributed by atoms with E-state index in [-0.39, 0.29) is 23.0 Å². The number of carbonyl (C=O) groups is 4. The first-order valence-corrected chi connectivity index (χ1v) is 6.87. The van der Waals surface area contributed by atoms with Gasteiger partial charge in [-0.15, -0.1) is 0 Å². The van der Waals surface area contributed by atoms with Gasteiger partial charge in [0, 0.05) is 6.54 Å². The van der Waals surface area contributed by atoms with Crippen molar-refractivity contribution in [3.63, 3.8) is 0 Å². The van der Waals surface area contributed by atoms with Gasteiger partial charge in [-0.3, -0.25) is 4.79 Å². The van der Waals surface area contributed by atoms with E-state index in [2.05, 4.69) is 0 Å². The van der Waals surface area contributed by atoms with Crippen LogP contribution in [0.3, 0.4) is 0 Å². The maximum absolute atomic E-state index is 10.9. The fourth-order valence-corrected chi connectivity index (χ4v) is 2.24. The molecule has 0 aromatic heterocycles. The van der Waals surface area contributed by atoms with E-state index in [9.17, 15) is 19.2 Å². The predicted molar refractivity (Wildman–Crippen MR) is 80.4 cm³/mol. The van der Waals surface area contributed by atoms with Gasteiger partial charge >= 0.3 is 18.0 Å². The van der Waals surface area contributed by atoms with Gasteiger partial charge in [-0.2, -0.15) is 0 Å². The molecule has 2 rings (SSSR count). The molecule has 124 valence electrons. The lowest BCUT2D eigenvalue weighted by molar-refractivity contribution is -0.120. The van der Waals surface area contributed by atoms with Gasteiger partial charge in [0.1, 0.15) is 0 Å². The van der Waals surface area contributed by atoms with Crippen molar-refractivity contribution in [3.8, 4) is 0 Å². The van der Waals surface area contributed by atoms with E-state index in [1.807, 2.05) is 0 Å². The molecule has 4 N–H and O–H groups in total. The Labute approximate surface area is 132 Å². The molecule has 1 fully saturated rings. The summed E-state index contributed by atoms with van der Waals surface area (Å²) in [6.07, 6.45) is 1.64. The van der Waals surface area contributed by atoms with Crippen LogP contribution in [0.15, 0.2) is 24.3 Å². The first kappa shape index (κ1) is 18.1. The molecule has 1 heterocycles. The highest BCUT2D eigenvalue weighted by atomic mass is 16.4. The molecule has 1 aliphatic rings. The second kappa shape index (κ2) is 7.92. The molecular formula is C15H18N2O6. The number of carboxylic acids is 2. The molecule has 1 saturated heterocycles. The van der Waals surface area contributed by atoms with Crippen LogP contribution in [0.5, 0.6) is 0 Å². The van der Waals surface area contributed by atoms with Crippen LogP contribution in [0.4, 0.5) is 4.79 Å². The number of carboxylic acid groups (broad SMARTS) is 2. The minimum Gasteiger partial charge on any atom is -0.478 e. The lowest BCUT2D eigenvalue weighted by Crippen LogP contribution is -2.42. The van der Waals surface area contributed by atoms with Gasteiger partial charge in [0.05, 0.1) is 17.2 Å². The number of hydrogen-bond acceptors (Lipinski definition) is 4. The van der Waals surface area contributed by atoms with Crippen molar-refractivity contribution >= 4 is 23.8 Å². The van der Waals surface area contributed by atoms with Crippen LogP contribution < -0.4 is 5.73 Å². The molecule has 23 heavy (non-hydrogen) atoms. The van der Waals surface area contributed by atoms with Crippen molar-refractivity contribution in [1.82, 2.24) is 4.90 Å². The third-order valence-electron chi connectivity index (χ3n) is 3.36. The molecule has 1 atom stereocenters. The molecule has 0 aliphatic carbocycles. The quantitative estimate of drug-likeness (QED) is 0.764. The standard InChI is InChI=1S/C8H6O4.C7H12N2O2/c9-7(10)5-2-1-3-6(4-5)8(11)12;1-5(10)6-3-2-4-9(6)7(8)11/h1-4H,(H,9,10)(H,11,12);6H,2-4H2,1H3,(H2,8,11)/t;6-/m.0/s1. The van der Waals surface area contributed by atoms with Crippen LogP contribution in [0.25, 0.3) is 0 Å². The Balaban J connectivity index is 0.000000231. The molecule has 0 unspecified atom stereocenters. The number of nitrogens with two attached hydrogens (primary N) is 1. The largest absolute Gasteiger partial charge is 0.478 e. The van der Waals surface area contributed by atoms with Gasteiger partial charge in [-0.05, 0) is 38.0 Å². The van der Waals surface area contributed by atoms with Crippen LogP contribution in [0, 0.1) is 0 Å². The van der Waals surface area contributed by atoms with Crippen molar-refractivity contribution in [2.75, 3.05) is 6.54 Å². The summed E-state index contributed by atoms with van der Waals surface area (Å²) in [4.78, 5) is 43.8. The topological polar surface area (TPSA) is 138 Å². The number of Topliss-reactive ketones (excluding diaryl/α,β-unsaturated/α-hetero) is 1. The number of hydrogen-bond donors (Lipinski definition) is 3. The third kappa shape index (κ3) is 5.10. The molecule has 2 amide bonds. The summed E-state index contributed by atoms with van der Waals surface area (Å²) in [5.41, 5.74) is 5.02. The van der Waals surface area contributed by atoms with Gasteiger partial charge in [-0.1, -0.05) is 6.07 Å². The highest BCUT2D eigenvalue weighted by Crippen LogP contribution is 2.16. The monoisotopic (exact) mass is 322 g/mol. The highest BCUT2D eigenvalue weighted by molar-refractivity contribution is 5.93. The smallest absolute Gasteiger partial charge is 0.335 e. The summed E-state index contributed by atoms with van der Waals surface area (Å²) in [5, 5.41) is 17.0. The molecule has 8 heteroatoms. The summed E-state index contributed by atoms with van der Waals surface area (Å²) in [7, 11) is 0. The predicted octanol–water partition coefficient (Wildman–Crippen LogP) is 1.20. The summed E-state index contributed by atoms with van der Waals surface area (Å²) in [6.45, 7) is 2.12. The minimum absolute atomic E-state index is 0.0186. The maximum atomic E-state index is 10.9. The molecule has 0 bridgehead atoms. The summed E-state index contributed by atoms with van der Waals surface area (Å²) in [6, 6.07) is 4.46. The number of likely N-dealkylation sites (tertiary alicyclic amines) is 1. The van der Waals surface area contributed by atoms with Gasteiger partial charge in [-0.25, -0.2) is 14.4 Å². The third-order valence-corrected chi connectivity index (χ3v) is 3.36. The van der Waals surface area contributed by atoms with E-state index in [0.29, 0.717) is 6.54 Å². The van der Waals surface area contributed by atoms with Crippen LogP contribution in [-0.4, -0.2) is 51.5 Å². The van der Waals surface area contributed by atoms with E-state index >= 15 is 0 Å². The molecule has 1 aromatic carbocycles. The van der Waals surface area contributed by atoms with Crippen LogP contribution in [0.2, 0.25) is 0 Å². The SMILES string of the molecule is CC(=O)[C@@H]1CCCN1C(N)=O.O=C(O)c1cccc(C(=O)O)c1. The number of urea groups is 1. The Morgan fingerprint density at radius 3 is 2.00 bits per heavy atom. The Bertz CT molecular complexity index is 579. The molecule has 0 spiro atoms. The molecule has 0 radical (unpaired) electrons. The van der Waals surface area contributed by atoms with Gasteiger partial charge in [0.2, 0.25) is 0 Å². The Hall–Kier alpha value is -2.90. The average molecular weight is 322 g/mol. The number of amides is 2. The summed E-state index contributed by atoms with van der Waals surface area (Å²) < 4.78 is 0. The average Bonchev–Trinajstić information content (AvgIpc) is 2.98. The number of benzene rings is 1. The first-order valence-electron chi connectivity index (χ1n) is 6.87. The number of nitrogens with zero attached hydrogens (tertiary/aromatic N) is 1. The lowest BCUT2D eigenvalue weighted by atomic mass is 10.1. The lowest BCUT2D eigenvalue weighted by Gasteiger charge is -2.19. The minimum atomic E-state index is -1.13. The number of primary amides is 1. The first-order chi connectivity index (χ1) is 10.7. The van der Waals surface area contributed by atoms with Gasteiger partial charge in [0.15, 0.2) is 5.78 Å². The van der Waals surface area contributed by atoms with E-state index in [1.54, 1.807) is 0 Å². The van der Waals surface area contributed by atoms with Crippen LogP contribution >= 0.6 is 0 Å². The summed E-state index contributed by atoms with van der Waals surface area (Å²) >= 11 is 0. The van der Waals surface area contributed by atoms with Crippen molar-refractivity contribution in [1.29, 1.82) is 0 Å². The highest BCUT2D eigenvalue weighted by Gasteiger charge is 2.30. The fraction of sp³-hybridized carbons (Fsp3) is 0.333. The zero-order valence-corrected chi connectivity index (χ0v) is 12.6. The Kier molecular flexibility index (Phi) is 6.25. The van der Waals surface area contributed by atoms with Crippen molar-refractivity contribution in [2.45, 2.75) is 25.8 Å². The van der Waals surface area contributed by atoms with Crippen molar-refractivity contribution in [3.05, 3.63) is 35.4 Å². The molecule has 0 saturated carbocycles. The number of aromatic carboxylic acids is 2. The summed E-state index contributed by atoms with van der Waals surface area (Å²) in [5.74, 6) is -2.22. The normalized spacial score (nSPS) is 16.2. The number of rotatable bonds is 3. The Morgan fingerprint density at radius 1 is 1.13 bits per heavy atom. The van der Waals surface area contributed by atoms with E-state index in [1.165, 1.54) is 30.0 Å². The number of ketones is 1. The van der Waals surface area contributed by atoms with Gasteiger partial charge < -0.3 is 20.8 Å². The van der Waals surface area contributed by atoms with Gasteiger partial charge in [0.25, 0.3) is 0 Å². The second-order valence-corrected chi connectivity index (χ2v) is 4.99. The van der Waals surface area contributed by atoms with Crippen LogP contribution in [-0.2, 0) is 4.79 Å². The zero-order valence-electron chi connectivity index (χ0n) is 12.6. The second-order valence-electron chi connectivity index (χ2n) is 4.99. The molecule has 1 aromatic rings. The Morgan fingerprint density at radius 2 is 1.65 bits per heavy atom. The molecule has 1 aliphatic heterocycles. The maximum Gasteiger partial charge on any atom is 0.335 e. The van der Waals surface area contributed by atoms with E-state index in [4.69, 9.17) is 15.9 Å². The van der Waals surface area contributed by atoms with Crippen molar-refractivity contribution in [2.24, 2.45) is 5.73 Å². The molecule has 8 nitrogen and oxygen atoms in total. The fourth-order valence-electron chi connectivity index (χ4n) is 2.24.